The molecule has 1 unspecified atom stereocenters. The quantitative estimate of drug-likeness (QED) is 0.331. The van der Waals surface area contributed by atoms with Crippen molar-refractivity contribution in [3.63, 3.8) is 0 Å². The molecule has 0 amide bonds. The number of rotatable bonds is 9. The second-order valence-electron chi connectivity index (χ2n) is 8.46. The van der Waals surface area contributed by atoms with Gasteiger partial charge in [-0.1, -0.05) is 71.9 Å². The number of hydrogen-bond acceptors (Lipinski definition) is 7. The third kappa shape index (κ3) is 6.88. The molecule has 1 N–H and O–H groups in total. The summed E-state index contributed by atoms with van der Waals surface area (Å²) in [6.45, 7) is 7.03. The normalized spacial score (nSPS) is 11.5. The number of aromatic nitrogens is 1. The zero-order chi connectivity index (χ0) is 26.2. The van der Waals surface area contributed by atoms with E-state index in [9.17, 15) is 9.59 Å². The van der Waals surface area contributed by atoms with Crippen molar-refractivity contribution < 1.29 is 23.8 Å². The van der Waals surface area contributed by atoms with Gasteiger partial charge in [-0.2, -0.15) is 0 Å². The van der Waals surface area contributed by atoms with Crippen molar-refractivity contribution in [3.8, 4) is 11.5 Å². The van der Waals surface area contributed by atoms with E-state index in [-0.39, 0.29) is 28.9 Å². The Labute approximate surface area is 216 Å². The minimum Gasteiger partial charge on any atom is -0.493 e. The molecule has 0 fully saturated rings. The van der Waals surface area contributed by atoms with E-state index in [4.69, 9.17) is 26.4 Å². The van der Waals surface area contributed by atoms with E-state index in [0.29, 0.717) is 5.75 Å². The molecule has 3 rings (SSSR count). The summed E-state index contributed by atoms with van der Waals surface area (Å²) in [6, 6.07) is 18.0. The second-order valence-corrected chi connectivity index (χ2v) is 8.87. The first-order valence-corrected chi connectivity index (χ1v) is 11.9. The van der Waals surface area contributed by atoms with Gasteiger partial charge in [0, 0.05) is 25.1 Å². The maximum atomic E-state index is 12.8. The first kappa shape index (κ1) is 26.8. The molecule has 1 atom stereocenters. The average molecular weight is 507 g/mol. The Kier molecular flexibility index (Phi) is 9.13. The molecule has 0 aliphatic carbocycles. The van der Waals surface area contributed by atoms with E-state index in [1.165, 1.54) is 20.2 Å². The third-order valence-electron chi connectivity index (χ3n) is 5.60. The molecule has 7 nitrogen and oxygen atoms in total. The number of nitrogens with zero attached hydrogens (tertiary/aromatic N) is 1. The fourth-order valence-electron chi connectivity index (χ4n) is 3.83. The summed E-state index contributed by atoms with van der Waals surface area (Å²) in [6.07, 6.45) is 1.04. The number of carbonyl (C=O) groups is 2. The topological polar surface area (TPSA) is 86.8 Å². The molecule has 0 saturated carbocycles. The lowest BCUT2D eigenvalue weighted by molar-refractivity contribution is -0.147. The molecule has 1 heterocycles. The van der Waals surface area contributed by atoms with E-state index in [1.54, 1.807) is 6.07 Å². The van der Waals surface area contributed by atoms with Gasteiger partial charge in [-0.3, -0.25) is 9.59 Å². The number of nitrogens with one attached hydrogen (secondary N) is 1. The maximum Gasteiger partial charge on any atom is 0.325 e. The minimum absolute atomic E-state index is 0.0885. The lowest BCUT2D eigenvalue weighted by Gasteiger charge is -2.25. The molecular weight excluding hydrogens is 476 g/mol. The van der Waals surface area contributed by atoms with Crippen LogP contribution in [0.4, 0.5) is 0 Å². The second kappa shape index (κ2) is 12.3. The van der Waals surface area contributed by atoms with Gasteiger partial charge >= 0.3 is 11.9 Å². The fraction of sp³-hybridized carbons (Fsp3) is 0.286. The summed E-state index contributed by atoms with van der Waals surface area (Å²) in [5.41, 5.74) is 4.61. The molecule has 0 bridgehead atoms. The predicted octanol–water partition coefficient (Wildman–Crippen LogP) is 4.66. The summed E-state index contributed by atoms with van der Waals surface area (Å²) < 4.78 is 16.3. The third-order valence-corrected chi connectivity index (χ3v) is 5.94. The van der Waals surface area contributed by atoms with Gasteiger partial charge in [0.05, 0.1) is 7.11 Å². The molecule has 0 spiro atoms. The van der Waals surface area contributed by atoms with Gasteiger partial charge in [-0.25, -0.2) is 4.98 Å². The van der Waals surface area contributed by atoms with Crippen LogP contribution in [-0.2, 0) is 14.3 Å². The first-order valence-electron chi connectivity index (χ1n) is 11.5. The van der Waals surface area contributed by atoms with Gasteiger partial charge in [0.15, 0.2) is 5.75 Å². The molecule has 1 aromatic heterocycles. The highest BCUT2D eigenvalue weighted by molar-refractivity contribution is 7.80. The van der Waals surface area contributed by atoms with E-state index >= 15 is 0 Å². The summed E-state index contributed by atoms with van der Waals surface area (Å²) in [5, 5.41) is 2.85. The Hall–Kier alpha value is -3.78. The largest absolute Gasteiger partial charge is 0.493 e. The molecule has 36 heavy (non-hydrogen) atoms. The number of esters is 2. The van der Waals surface area contributed by atoms with Gasteiger partial charge in [-0.05, 0) is 31.9 Å². The van der Waals surface area contributed by atoms with Crippen LogP contribution >= 0.6 is 12.2 Å². The van der Waals surface area contributed by atoms with Gasteiger partial charge in [0.25, 0.3) is 0 Å². The monoisotopic (exact) mass is 506 g/mol. The molecule has 3 aromatic rings. The molecular formula is C28H30N2O5S. The smallest absolute Gasteiger partial charge is 0.325 e. The summed E-state index contributed by atoms with van der Waals surface area (Å²) in [5.74, 6) is -0.777. The minimum atomic E-state index is -0.545. The van der Waals surface area contributed by atoms with Gasteiger partial charge in [0.1, 0.15) is 23.3 Å². The predicted molar refractivity (Wildman–Crippen MR) is 142 cm³/mol. The van der Waals surface area contributed by atoms with Gasteiger partial charge in [-0.15, -0.1) is 0 Å². The highest BCUT2D eigenvalue weighted by Gasteiger charge is 2.25. The zero-order valence-electron chi connectivity index (χ0n) is 21.0. The lowest BCUT2D eigenvalue weighted by Crippen LogP contribution is -2.34. The van der Waals surface area contributed by atoms with Crippen LogP contribution in [0.1, 0.15) is 47.7 Å². The first-order chi connectivity index (χ1) is 17.2. The van der Waals surface area contributed by atoms with Crippen molar-refractivity contribution in [2.24, 2.45) is 0 Å². The molecule has 0 aliphatic heterocycles. The van der Waals surface area contributed by atoms with Gasteiger partial charge in [0.2, 0.25) is 5.75 Å². The Balaban J connectivity index is 1.73. The number of thiocarbonyl (C=S) groups is 1. The van der Waals surface area contributed by atoms with Crippen LogP contribution in [-0.4, -0.2) is 41.7 Å². The van der Waals surface area contributed by atoms with Crippen LogP contribution in [0.2, 0.25) is 0 Å². The van der Waals surface area contributed by atoms with Crippen molar-refractivity contribution in [1.82, 2.24) is 10.3 Å². The fourth-order valence-corrected chi connectivity index (χ4v) is 4.05. The molecule has 0 saturated heterocycles. The van der Waals surface area contributed by atoms with Crippen molar-refractivity contribution >= 4 is 29.1 Å². The van der Waals surface area contributed by atoms with Crippen molar-refractivity contribution in [2.45, 2.75) is 39.7 Å². The van der Waals surface area contributed by atoms with Crippen LogP contribution < -0.4 is 14.8 Å². The van der Waals surface area contributed by atoms with Gasteiger partial charge < -0.3 is 19.5 Å². The summed E-state index contributed by atoms with van der Waals surface area (Å²) >= 11 is 5.40. The Morgan fingerprint density at radius 2 is 1.53 bits per heavy atom. The Bertz CT molecular complexity index is 1180. The standard InChI is InChI=1S/C28H30N2O5S/c1-17-6-10-21(11-7-17)25(22-12-8-18(2)9-13-22)19(3)34-24(32)16-30-28(36)26-27(35-20(4)31)23(33-5)14-15-29-26/h6-15,19,25H,16H2,1-5H3,(H,30,36). The highest BCUT2D eigenvalue weighted by Crippen LogP contribution is 2.31. The van der Waals surface area contributed by atoms with Crippen molar-refractivity contribution in [1.29, 1.82) is 0 Å². The number of ether oxygens (including phenoxy) is 3. The number of pyridine rings is 1. The Morgan fingerprint density at radius 1 is 0.972 bits per heavy atom. The molecule has 8 heteroatoms. The molecule has 2 aromatic carbocycles. The van der Waals surface area contributed by atoms with E-state index in [0.717, 1.165) is 22.3 Å². The number of carbonyl (C=O) groups excluding carboxylic acids is 2. The van der Waals surface area contributed by atoms with Crippen LogP contribution in [0.25, 0.3) is 0 Å². The summed E-state index contributed by atoms with van der Waals surface area (Å²) in [7, 11) is 1.44. The molecule has 0 radical (unpaired) electrons. The maximum absolute atomic E-state index is 12.8. The highest BCUT2D eigenvalue weighted by atomic mass is 32.1. The lowest BCUT2D eigenvalue weighted by atomic mass is 9.86. The average Bonchev–Trinajstić information content (AvgIpc) is 2.85. The van der Waals surface area contributed by atoms with Crippen molar-refractivity contribution in [2.75, 3.05) is 13.7 Å². The number of benzene rings is 2. The van der Waals surface area contributed by atoms with Crippen molar-refractivity contribution in [3.05, 3.63) is 88.7 Å². The van der Waals surface area contributed by atoms with Crippen LogP contribution in [0.15, 0.2) is 60.8 Å². The van der Waals surface area contributed by atoms with Crippen LogP contribution in [0.5, 0.6) is 11.5 Å². The van der Waals surface area contributed by atoms with E-state index in [1.807, 2.05) is 45.0 Å². The van der Waals surface area contributed by atoms with Crippen LogP contribution in [0, 0.1) is 13.8 Å². The number of aryl methyl sites for hydroxylation is 2. The number of hydrogen-bond donors (Lipinski definition) is 1. The summed E-state index contributed by atoms with van der Waals surface area (Å²) in [4.78, 5) is 28.6. The van der Waals surface area contributed by atoms with E-state index < -0.39 is 18.0 Å². The van der Waals surface area contributed by atoms with E-state index in [2.05, 4.69) is 34.6 Å². The number of methoxy groups -OCH3 is 1. The Morgan fingerprint density at radius 3 is 2.03 bits per heavy atom. The zero-order valence-corrected chi connectivity index (χ0v) is 21.8. The van der Waals surface area contributed by atoms with Crippen LogP contribution in [0.3, 0.4) is 0 Å². The SMILES string of the molecule is COc1ccnc(C(=S)NCC(=O)OC(C)C(c2ccc(C)cc2)c2ccc(C)cc2)c1OC(C)=O. The molecule has 188 valence electrons. The molecule has 0 aliphatic rings.